The molecule has 3 aliphatic heterocycles. The van der Waals surface area contributed by atoms with Crippen LogP contribution in [0.15, 0.2) is 0 Å². The quantitative estimate of drug-likeness (QED) is 0.144. The SMILES string of the molecule is CC(I)(C(=O)OC1CC2CC1CC21CCOC1=O)C12NI1N2. The maximum atomic E-state index is 12.6. The summed E-state index contributed by atoms with van der Waals surface area (Å²) in [6.07, 6.45) is 3.51. The van der Waals surface area contributed by atoms with Crippen molar-refractivity contribution in [3.05, 3.63) is 0 Å². The van der Waals surface area contributed by atoms with Crippen LogP contribution in [0, 0.1) is 17.3 Å². The van der Waals surface area contributed by atoms with Crippen molar-refractivity contribution < 1.29 is 19.1 Å². The van der Waals surface area contributed by atoms with E-state index in [1.807, 2.05) is 6.92 Å². The first-order valence-electron chi connectivity index (χ1n) is 7.72. The Hall–Kier alpha value is 0.320. The standard InChI is InChI=1S/C14H18I2N2O4/c1-12(15,14-16(17-14)18-14)10(19)22-9-5-8-4-7(9)6-13(8)2-3-21-11(13)20/h7-9,17-18H,2-6H2,1H3. The number of carbonyl (C=O) groups excluding carboxylic acids is 2. The van der Waals surface area contributed by atoms with Gasteiger partial charge >= 0.3 is 151 Å². The van der Waals surface area contributed by atoms with E-state index in [2.05, 4.69) is 29.7 Å². The average molecular weight is 532 g/mol. The molecule has 5 aliphatic rings. The Labute approximate surface area is 150 Å². The molecule has 2 saturated carbocycles. The van der Waals surface area contributed by atoms with Gasteiger partial charge in [0.2, 0.25) is 0 Å². The predicted molar refractivity (Wildman–Crippen MR) is 94.2 cm³/mol. The third-order valence-corrected chi connectivity index (χ3v) is 13.3. The van der Waals surface area contributed by atoms with Crippen molar-refractivity contribution in [1.29, 1.82) is 0 Å². The van der Waals surface area contributed by atoms with Crippen LogP contribution in [-0.2, 0) is 19.1 Å². The van der Waals surface area contributed by atoms with Gasteiger partial charge in [-0.25, -0.2) is 0 Å². The molecule has 5 fully saturated rings. The van der Waals surface area contributed by atoms with Crippen LogP contribution >= 0.6 is 43.0 Å². The number of fused-ring (bicyclic) bond motifs is 4. The molecule has 2 N–H and O–H groups in total. The summed E-state index contributed by atoms with van der Waals surface area (Å²) >= 11 is 1.06. The predicted octanol–water partition coefficient (Wildman–Crippen LogP) is 1.65. The summed E-state index contributed by atoms with van der Waals surface area (Å²) in [7, 11) is 0. The van der Waals surface area contributed by atoms with Gasteiger partial charge in [-0.2, -0.15) is 0 Å². The molecule has 0 radical (unpaired) electrons. The average Bonchev–Trinajstić information content (AvgIpc) is 3.19. The molecule has 5 unspecified atom stereocenters. The van der Waals surface area contributed by atoms with Gasteiger partial charge in [0.25, 0.3) is 0 Å². The van der Waals surface area contributed by atoms with E-state index in [0.29, 0.717) is 18.4 Å². The number of cyclic esters (lactones) is 1. The fourth-order valence-electron chi connectivity index (χ4n) is 4.63. The summed E-state index contributed by atoms with van der Waals surface area (Å²) in [5.74, 6) is 0.552. The number of rotatable bonds is 3. The molecule has 8 heteroatoms. The van der Waals surface area contributed by atoms with Crippen molar-refractivity contribution in [2.75, 3.05) is 6.61 Å². The van der Waals surface area contributed by atoms with E-state index < -0.39 is 23.8 Å². The fraction of sp³-hybridized carbons (Fsp3) is 0.857. The van der Waals surface area contributed by atoms with Crippen LogP contribution in [0.25, 0.3) is 0 Å². The summed E-state index contributed by atoms with van der Waals surface area (Å²) < 4.78 is 17.3. The number of hydrogen-bond acceptors (Lipinski definition) is 6. The van der Waals surface area contributed by atoms with E-state index in [9.17, 15) is 9.59 Å². The Kier molecular flexibility index (Phi) is 2.85. The molecule has 0 amide bonds. The third-order valence-electron chi connectivity index (χ3n) is 6.18. The van der Waals surface area contributed by atoms with Gasteiger partial charge in [-0.1, -0.05) is 0 Å². The monoisotopic (exact) mass is 532 g/mol. The molecule has 5 rings (SSSR count). The second kappa shape index (κ2) is 4.29. The number of alkyl halides is 2. The fourth-order valence-corrected chi connectivity index (χ4v) is 12.4. The third kappa shape index (κ3) is 1.67. The topological polar surface area (TPSA) is 96.5 Å². The van der Waals surface area contributed by atoms with Crippen LogP contribution < -0.4 is 7.06 Å². The first-order chi connectivity index (χ1) is 10.4. The molecule has 0 aromatic rings. The first kappa shape index (κ1) is 14.6. The normalized spacial score (nSPS) is 47.1. The number of ether oxygens (including phenoxy) is 2. The number of halogens is 2. The van der Waals surface area contributed by atoms with Gasteiger partial charge in [-0.3, -0.25) is 0 Å². The van der Waals surface area contributed by atoms with Crippen LogP contribution in [0.4, 0.5) is 0 Å². The van der Waals surface area contributed by atoms with Crippen molar-refractivity contribution in [3.63, 3.8) is 0 Å². The van der Waals surface area contributed by atoms with Crippen LogP contribution in [0.3, 0.4) is 0 Å². The molecule has 2 aliphatic carbocycles. The van der Waals surface area contributed by atoms with Crippen LogP contribution in [0.5, 0.6) is 0 Å². The van der Waals surface area contributed by atoms with Gasteiger partial charge < -0.3 is 0 Å². The molecular formula is C14H18I2N2O4. The summed E-state index contributed by atoms with van der Waals surface area (Å²) in [5, 5.41) is 0. The molecule has 3 heterocycles. The number of hydrogen-bond donors (Lipinski definition) is 2. The molecule has 0 aromatic heterocycles. The van der Waals surface area contributed by atoms with Crippen molar-refractivity contribution in [2.24, 2.45) is 17.3 Å². The molecule has 22 heavy (non-hydrogen) atoms. The number of nitrogens with one attached hydrogen (secondary N) is 2. The second-order valence-electron chi connectivity index (χ2n) is 7.25. The summed E-state index contributed by atoms with van der Waals surface area (Å²) in [6.45, 7) is 2.52. The van der Waals surface area contributed by atoms with Crippen molar-refractivity contribution in [2.45, 2.75) is 45.8 Å². The Balaban J connectivity index is 1.28. The van der Waals surface area contributed by atoms with Gasteiger partial charge in [0.05, 0.1) is 0 Å². The molecule has 122 valence electrons. The number of carbonyl (C=O) groups is 2. The zero-order valence-corrected chi connectivity index (χ0v) is 16.5. The molecule has 1 spiro atoms. The molecule has 6 nitrogen and oxygen atoms in total. The zero-order valence-electron chi connectivity index (χ0n) is 12.2. The molecule has 2 bridgehead atoms. The number of esters is 2. The summed E-state index contributed by atoms with van der Waals surface area (Å²) in [4.78, 5) is 24.7. The second-order valence-corrected chi connectivity index (χ2v) is 13.7. The maximum absolute atomic E-state index is 12.6. The van der Waals surface area contributed by atoms with Crippen LogP contribution in [0.1, 0.15) is 32.6 Å². The summed E-state index contributed by atoms with van der Waals surface area (Å²) in [5.41, 5.74) is -0.255. The van der Waals surface area contributed by atoms with E-state index in [-0.39, 0.29) is 27.1 Å². The van der Waals surface area contributed by atoms with Gasteiger partial charge in [0.15, 0.2) is 0 Å². The minimum absolute atomic E-state index is 0.0123. The van der Waals surface area contributed by atoms with Gasteiger partial charge in [0.1, 0.15) is 0 Å². The van der Waals surface area contributed by atoms with Gasteiger partial charge in [-0.05, 0) is 0 Å². The van der Waals surface area contributed by atoms with E-state index >= 15 is 0 Å². The van der Waals surface area contributed by atoms with E-state index in [1.54, 1.807) is 0 Å². The van der Waals surface area contributed by atoms with Crippen LogP contribution in [-0.4, -0.2) is 31.7 Å². The van der Waals surface area contributed by atoms with E-state index in [0.717, 1.165) is 25.7 Å². The zero-order chi connectivity index (χ0) is 15.3. The van der Waals surface area contributed by atoms with Crippen molar-refractivity contribution in [1.82, 2.24) is 7.06 Å². The Morgan fingerprint density at radius 1 is 1.50 bits per heavy atom. The van der Waals surface area contributed by atoms with Gasteiger partial charge in [-0.15, -0.1) is 0 Å². The molecule has 0 aromatic carbocycles. The van der Waals surface area contributed by atoms with Crippen molar-refractivity contribution in [3.8, 4) is 0 Å². The Bertz CT molecular complexity index is 591. The Morgan fingerprint density at radius 2 is 2.23 bits per heavy atom. The molecular weight excluding hydrogens is 514 g/mol. The Morgan fingerprint density at radius 3 is 2.73 bits per heavy atom. The van der Waals surface area contributed by atoms with Crippen LogP contribution in [0.2, 0.25) is 0 Å². The van der Waals surface area contributed by atoms with E-state index in [4.69, 9.17) is 9.47 Å². The summed E-state index contributed by atoms with van der Waals surface area (Å²) in [6, 6.07) is 0. The van der Waals surface area contributed by atoms with E-state index in [1.165, 1.54) is 0 Å². The first-order valence-corrected chi connectivity index (χ1v) is 12.0. The molecule has 3 saturated heterocycles. The molecule has 5 atom stereocenters. The minimum atomic E-state index is -1.17. The van der Waals surface area contributed by atoms with Crippen molar-refractivity contribution >= 4 is 54.9 Å². The van der Waals surface area contributed by atoms with Gasteiger partial charge in [0, 0.05) is 0 Å².